The molecule has 0 amide bonds. The van der Waals surface area contributed by atoms with Crippen molar-refractivity contribution in [3.05, 3.63) is 5.82 Å². The summed E-state index contributed by atoms with van der Waals surface area (Å²) in [7, 11) is 0. The maximum Gasteiger partial charge on any atom is 0.128 e. The Labute approximate surface area is 193 Å². The molecule has 0 aromatic carbocycles. The third-order valence-corrected chi connectivity index (χ3v) is 7.07. The van der Waals surface area contributed by atoms with Gasteiger partial charge in [0.15, 0.2) is 0 Å². The minimum Gasteiger partial charge on any atom is -0.345 e. The van der Waals surface area contributed by atoms with Gasteiger partial charge in [-0.05, 0) is 32.3 Å². The predicted molar refractivity (Wildman–Crippen MR) is 137 cm³/mol. The molecule has 166 valence electrons. The van der Waals surface area contributed by atoms with Crippen LogP contribution in [0.2, 0.25) is 0 Å². The van der Waals surface area contributed by atoms with Gasteiger partial charge >= 0.3 is 0 Å². The van der Waals surface area contributed by atoms with E-state index in [1.807, 2.05) is 6.92 Å². The summed E-state index contributed by atoms with van der Waals surface area (Å²) in [6.45, 7) is 6.50. The van der Waals surface area contributed by atoms with E-state index in [4.69, 9.17) is 12.2 Å². The van der Waals surface area contributed by atoms with Gasteiger partial charge in [0.2, 0.25) is 0 Å². The Bertz CT molecular complexity index is 568. The second-order valence-electron chi connectivity index (χ2n) is 7.76. The highest BCUT2D eigenvalue weighted by molar-refractivity contribution is 7.99. The fraction of sp³-hybridized carbons (Fsp3) is 0.783. The monoisotopic (exact) mass is 455 g/mol. The van der Waals surface area contributed by atoms with E-state index in [2.05, 4.69) is 41.6 Å². The zero-order valence-electron chi connectivity index (χ0n) is 19.2. The number of anilines is 1. The van der Waals surface area contributed by atoms with Crippen LogP contribution in [0, 0.1) is 12.8 Å². The van der Waals surface area contributed by atoms with Gasteiger partial charge in [0, 0.05) is 5.92 Å². The van der Waals surface area contributed by atoms with Crippen LogP contribution in [0.1, 0.15) is 96.7 Å². The fourth-order valence-corrected chi connectivity index (χ4v) is 5.10. The summed E-state index contributed by atoms with van der Waals surface area (Å²) in [6.07, 6.45) is 19.7. The third-order valence-electron chi connectivity index (χ3n) is 5.27. The van der Waals surface area contributed by atoms with Gasteiger partial charge in [-0.25, -0.2) is 9.97 Å². The van der Waals surface area contributed by atoms with Crippen molar-refractivity contribution in [2.24, 2.45) is 5.92 Å². The Morgan fingerprint density at radius 3 is 1.76 bits per heavy atom. The highest BCUT2D eigenvalue weighted by Crippen LogP contribution is 2.33. The molecule has 0 unspecified atom stereocenters. The maximum absolute atomic E-state index is 5.92. The van der Waals surface area contributed by atoms with E-state index >= 15 is 0 Å². The molecule has 1 heterocycles. The molecule has 3 nitrogen and oxygen atoms in total. The van der Waals surface area contributed by atoms with Gasteiger partial charge in [-0.1, -0.05) is 90.3 Å². The highest BCUT2D eigenvalue weighted by Gasteiger charge is 2.19. The van der Waals surface area contributed by atoms with Crippen molar-refractivity contribution >= 4 is 46.4 Å². The molecule has 0 spiro atoms. The van der Waals surface area contributed by atoms with Crippen LogP contribution in [0.3, 0.4) is 0 Å². The molecular formula is C23H41N3S3. The van der Waals surface area contributed by atoms with E-state index in [1.165, 1.54) is 77.0 Å². The largest absolute Gasteiger partial charge is 0.345 e. The molecule has 1 aromatic rings. The van der Waals surface area contributed by atoms with E-state index < -0.39 is 0 Å². The average molecular weight is 456 g/mol. The maximum atomic E-state index is 5.92. The van der Waals surface area contributed by atoms with Crippen LogP contribution >= 0.6 is 35.7 Å². The molecule has 0 bridgehead atoms. The average Bonchev–Trinajstić information content (AvgIpc) is 2.72. The van der Waals surface area contributed by atoms with Crippen LogP contribution in [0.5, 0.6) is 0 Å². The number of rotatable bonds is 16. The Morgan fingerprint density at radius 1 is 0.828 bits per heavy atom. The lowest BCUT2D eigenvalue weighted by Gasteiger charge is -2.21. The molecule has 0 aliphatic rings. The molecule has 29 heavy (non-hydrogen) atoms. The number of aryl methyl sites for hydroxylation is 1. The SMILES string of the molecule is CCCCCCCC[C@@H](CCCCCC)C(=S)Nc1c(SC)nc(C)nc1SC. The summed E-state index contributed by atoms with van der Waals surface area (Å²) in [5, 5.41) is 5.56. The highest BCUT2D eigenvalue weighted by atomic mass is 32.2. The molecule has 0 radical (unpaired) electrons. The van der Waals surface area contributed by atoms with Gasteiger partial charge in [-0.2, -0.15) is 0 Å². The van der Waals surface area contributed by atoms with E-state index in [-0.39, 0.29) is 0 Å². The quantitative estimate of drug-likeness (QED) is 0.117. The third kappa shape index (κ3) is 10.5. The van der Waals surface area contributed by atoms with E-state index in [1.54, 1.807) is 23.5 Å². The molecule has 0 aliphatic heterocycles. The van der Waals surface area contributed by atoms with Gasteiger partial charge in [0.05, 0.1) is 4.99 Å². The molecule has 1 rings (SSSR count). The lowest BCUT2D eigenvalue weighted by Crippen LogP contribution is -2.22. The summed E-state index contributed by atoms with van der Waals surface area (Å²) < 4.78 is 0. The van der Waals surface area contributed by atoms with Crippen LogP contribution < -0.4 is 5.32 Å². The minimum absolute atomic E-state index is 0.457. The van der Waals surface area contributed by atoms with Crippen molar-refractivity contribution in [1.29, 1.82) is 0 Å². The predicted octanol–water partition coefficient (Wildman–Crippen LogP) is 8.31. The topological polar surface area (TPSA) is 37.8 Å². The first-order chi connectivity index (χ1) is 14.1. The number of nitrogens with one attached hydrogen (secondary N) is 1. The van der Waals surface area contributed by atoms with Crippen LogP contribution in [0.25, 0.3) is 0 Å². The first kappa shape index (κ1) is 26.7. The van der Waals surface area contributed by atoms with Crippen molar-refractivity contribution in [2.45, 2.75) is 108 Å². The molecule has 0 saturated carbocycles. The van der Waals surface area contributed by atoms with Crippen LogP contribution in [0.15, 0.2) is 10.1 Å². The van der Waals surface area contributed by atoms with Gasteiger partial charge in [-0.15, -0.1) is 23.5 Å². The molecule has 0 aliphatic carbocycles. The van der Waals surface area contributed by atoms with Crippen molar-refractivity contribution < 1.29 is 0 Å². The Hall–Kier alpha value is -0.330. The summed E-state index contributed by atoms with van der Waals surface area (Å²) >= 11 is 9.24. The van der Waals surface area contributed by atoms with E-state index in [0.29, 0.717) is 5.92 Å². The van der Waals surface area contributed by atoms with Crippen molar-refractivity contribution in [3.8, 4) is 0 Å². The summed E-state index contributed by atoms with van der Waals surface area (Å²) in [5.74, 6) is 1.28. The van der Waals surface area contributed by atoms with Gasteiger partial charge in [0.1, 0.15) is 21.6 Å². The van der Waals surface area contributed by atoms with E-state index in [0.717, 1.165) is 26.6 Å². The van der Waals surface area contributed by atoms with Crippen molar-refractivity contribution in [3.63, 3.8) is 0 Å². The Balaban J connectivity index is 2.76. The molecule has 0 saturated heterocycles. The van der Waals surface area contributed by atoms with Crippen LogP contribution in [-0.2, 0) is 0 Å². The molecule has 1 aromatic heterocycles. The van der Waals surface area contributed by atoms with E-state index in [9.17, 15) is 0 Å². The van der Waals surface area contributed by atoms with Crippen molar-refractivity contribution in [1.82, 2.24) is 9.97 Å². The molecular weight excluding hydrogens is 414 g/mol. The zero-order valence-corrected chi connectivity index (χ0v) is 21.6. The minimum atomic E-state index is 0.457. The number of thiocarbonyl (C=S) groups is 1. The fourth-order valence-electron chi connectivity index (χ4n) is 3.54. The lowest BCUT2D eigenvalue weighted by molar-refractivity contribution is 0.491. The molecule has 1 N–H and O–H groups in total. The van der Waals surface area contributed by atoms with Gasteiger partial charge in [0.25, 0.3) is 0 Å². The summed E-state index contributed by atoms with van der Waals surface area (Å²) in [6, 6.07) is 0. The first-order valence-electron chi connectivity index (χ1n) is 11.3. The second-order valence-corrected chi connectivity index (χ2v) is 9.79. The zero-order chi connectivity index (χ0) is 21.5. The summed E-state index contributed by atoms with van der Waals surface area (Å²) in [5.41, 5.74) is 1.00. The number of aromatic nitrogens is 2. The number of unbranched alkanes of at least 4 members (excludes halogenated alkanes) is 8. The molecule has 0 fully saturated rings. The molecule has 6 heteroatoms. The lowest BCUT2D eigenvalue weighted by atomic mass is 9.94. The number of thioether (sulfide) groups is 2. The summed E-state index contributed by atoms with van der Waals surface area (Å²) in [4.78, 5) is 10.2. The number of nitrogens with zero attached hydrogens (tertiary/aromatic N) is 2. The second kappa shape index (κ2) is 16.4. The normalized spacial score (nSPS) is 12.2. The Morgan fingerprint density at radius 2 is 1.28 bits per heavy atom. The molecule has 1 atom stereocenters. The van der Waals surface area contributed by atoms with Gasteiger partial charge in [-0.3, -0.25) is 0 Å². The number of hydrogen-bond acceptors (Lipinski definition) is 5. The van der Waals surface area contributed by atoms with Crippen LogP contribution in [-0.4, -0.2) is 27.5 Å². The van der Waals surface area contributed by atoms with Crippen molar-refractivity contribution in [2.75, 3.05) is 17.8 Å². The first-order valence-corrected chi connectivity index (χ1v) is 14.2. The standard InChI is InChI=1S/C23H41N3S3/c1-6-8-10-12-13-15-17-19(16-14-11-9-7-2)21(27)26-20-22(28-4)24-18(3)25-23(20)29-5/h19H,6-17H2,1-5H3,(H,26,27)/t19-/m1/s1. The smallest absolute Gasteiger partial charge is 0.128 e. The Kier molecular flexibility index (Phi) is 15.1. The number of hydrogen-bond donors (Lipinski definition) is 1. The van der Waals surface area contributed by atoms with Crippen LogP contribution in [0.4, 0.5) is 5.69 Å². The van der Waals surface area contributed by atoms with Gasteiger partial charge < -0.3 is 5.32 Å².